The van der Waals surface area contributed by atoms with Gasteiger partial charge in [-0.2, -0.15) is 0 Å². The summed E-state index contributed by atoms with van der Waals surface area (Å²) in [5, 5.41) is 6.26. The second-order valence-corrected chi connectivity index (χ2v) is 4.75. The van der Waals surface area contributed by atoms with Gasteiger partial charge in [0.15, 0.2) is 0 Å². The fraction of sp³-hybridized carbons (Fsp3) is 0.500. The van der Waals surface area contributed by atoms with Gasteiger partial charge in [-0.3, -0.25) is 0 Å². The van der Waals surface area contributed by atoms with Crippen LogP contribution in [0.1, 0.15) is 25.3 Å². The molecule has 0 aliphatic carbocycles. The van der Waals surface area contributed by atoms with Crippen molar-refractivity contribution in [3.05, 3.63) is 35.9 Å². The van der Waals surface area contributed by atoms with Crippen LogP contribution < -0.4 is 10.6 Å². The Morgan fingerprint density at radius 3 is 2.83 bits per heavy atom. The van der Waals surface area contributed by atoms with Gasteiger partial charge in [0, 0.05) is 6.54 Å². The second-order valence-electron chi connectivity index (χ2n) is 4.75. The van der Waals surface area contributed by atoms with Gasteiger partial charge in [0.2, 0.25) is 0 Å². The van der Waals surface area contributed by atoms with E-state index in [9.17, 15) is 4.79 Å². The lowest BCUT2D eigenvalue weighted by molar-refractivity contribution is 0.127. The molecule has 1 aromatic rings. The standard InChI is InChI=1S/C14H20N2O2/c1-2-14(8-9-15-11-14)16-13(17)18-10-12-6-4-3-5-7-12/h3-7,15H,2,8-11H2,1H3,(H,16,17). The average Bonchev–Trinajstić information content (AvgIpc) is 2.87. The van der Waals surface area contributed by atoms with Crippen LogP contribution in [0.3, 0.4) is 0 Å². The van der Waals surface area contributed by atoms with Gasteiger partial charge in [0.25, 0.3) is 0 Å². The van der Waals surface area contributed by atoms with E-state index >= 15 is 0 Å². The molecule has 1 heterocycles. The molecule has 1 aliphatic rings. The highest BCUT2D eigenvalue weighted by Gasteiger charge is 2.33. The molecule has 1 fully saturated rings. The first-order valence-electron chi connectivity index (χ1n) is 6.44. The molecule has 98 valence electrons. The van der Waals surface area contributed by atoms with Gasteiger partial charge >= 0.3 is 6.09 Å². The van der Waals surface area contributed by atoms with Crippen molar-refractivity contribution in [3.63, 3.8) is 0 Å². The quantitative estimate of drug-likeness (QED) is 0.857. The smallest absolute Gasteiger partial charge is 0.407 e. The number of amides is 1. The largest absolute Gasteiger partial charge is 0.445 e. The Morgan fingerprint density at radius 1 is 1.44 bits per heavy atom. The normalized spacial score (nSPS) is 22.7. The van der Waals surface area contributed by atoms with Gasteiger partial charge in [-0.15, -0.1) is 0 Å². The first-order valence-corrected chi connectivity index (χ1v) is 6.44. The van der Waals surface area contributed by atoms with E-state index in [1.165, 1.54) is 0 Å². The zero-order chi connectivity index (χ0) is 12.8. The topological polar surface area (TPSA) is 50.4 Å². The maximum atomic E-state index is 11.8. The lowest BCUT2D eigenvalue weighted by Crippen LogP contribution is -2.49. The highest BCUT2D eigenvalue weighted by atomic mass is 16.5. The highest BCUT2D eigenvalue weighted by molar-refractivity contribution is 5.68. The molecule has 1 unspecified atom stereocenters. The Hall–Kier alpha value is -1.55. The van der Waals surface area contributed by atoms with Gasteiger partial charge in [-0.05, 0) is 24.9 Å². The van der Waals surface area contributed by atoms with E-state index in [2.05, 4.69) is 17.6 Å². The van der Waals surface area contributed by atoms with Crippen LogP contribution in [0.5, 0.6) is 0 Å². The number of nitrogens with one attached hydrogen (secondary N) is 2. The predicted octanol–water partition coefficient (Wildman–Crippen LogP) is 2.05. The molecule has 18 heavy (non-hydrogen) atoms. The lowest BCUT2D eigenvalue weighted by Gasteiger charge is -2.27. The van der Waals surface area contributed by atoms with Crippen molar-refractivity contribution in [2.24, 2.45) is 0 Å². The second kappa shape index (κ2) is 5.87. The fourth-order valence-corrected chi connectivity index (χ4v) is 2.22. The molecule has 0 radical (unpaired) electrons. The van der Waals surface area contributed by atoms with Crippen molar-refractivity contribution >= 4 is 6.09 Å². The molecule has 1 aromatic carbocycles. The summed E-state index contributed by atoms with van der Waals surface area (Å²) in [4.78, 5) is 11.8. The minimum Gasteiger partial charge on any atom is -0.445 e. The Balaban J connectivity index is 1.82. The van der Waals surface area contributed by atoms with Crippen LogP contribution in [0.2, 0.25) is 0 Å². The third-order valence-electron chi connectivity index (χ3n) is 3.50. The van der Waals surface area contributed by atoms with Crippen LogP contribution in [0, 0.1) is 0 Å². The highest BCUT2D eigenvalue weighted by Crippen LogP contribution is 2.18. The maximum Gasteiger partial charge on any atom is 0.407 e. The average molecular weight is 248 g/mol. The Labute approximate surface area is 108 Å². The minimum absolute atomic E-state index is 0.131. The summed E-state index contributed by atoms with van der Waals surface area (Å²) in [6.07, 6.45) is 1.55. The number of benzene rings is 1. The zero-order valence-corrected chi connectivity index (χ0v) is 10.7. The molecule has 1 aliphatic heterocycles. The summed E-state index contributed by atoms with van der Waals surface area (Å²) in [7, 11) is 0. The van der Waals surface area contributed by atoms with Crippen LogP contribution in [-0.4, -0.2) is 24.7 Å². The third-order valence-corrected chi connectivity index (χ3v) is 3.50. The molecule has 4 nitrogen and oxygen atoms in total. The van der Waals surface area contributed by atoms with Gasteiger partial charge in [0.1, 0.15) is 6.61 Å². The van der Waals surface area contributed by atoms with Gasteiger partial charge < -0.3 is 15.4 Å². The van der Waals surface area contributed by atoms with E-state index in [-0.39, 0.29) is 11.6 Å². The van der Waals surface area contributed by atoms with E-state index in [0.717, 1.165) is 31.5 Å². The fourth-order valence-electron chi connectivity index (χ4n) is 2.22. The molecular weight excluding hydrogens is 228 g/mol. The molecule has 1 saturated heterocycles. The SMILES string of the molecule is CCC1(NC(=O)OCc2ccccc2)CCNC1. The summed E-state index contributed by atoms with van der Waals surface area (Å²) in [6, 6.07) is 9.70. The third kappa shape index (κ3) is 3.23. The molecule has 0 saturated carbocycles. The summed E-state index contributed by atoms with van der Waals surface area (Å²) < 4.78 is 5.24. The first-order chi connectivity index (χ1) is 8.74. The van der Waals surface area contributed by atoms with Crippen molar-refractivity contribution in [3.8, 4) is 0 Å². The number of alkyl carbamates (subject to hydrolysis) is 1. The van der Waals surface area contributed by atoms with E-state index < -0.39 is 0 Å². The first kappa shape index (κ1) is 12.9. The van der Waals surface area contributed by atoms with Crippen molar-refractivity contribution in [1.29, 1.82) is 0 Å². The van der Waals surface area contributed by atoms with Crippen LogP contribution >= 0.6 is 0 Å². The zero-order valence-electron chi connectivity index (χ0n) is 10.7. The number of hydrogen-bond acceptors (Lipinski definition) is 3. The number of ether oxygens (including phenoxy) is 1. The Morgan fingerprint density at radius 2 is 2.22 bits per heavy atom. The summed E-state index contributed by atoms with van der Waals surface area (Å²) in [5.74, 6) is 0. The van der Waals surface area contributed by atoms with Crippen molar-refractivity contribution in [2.75, 3.05) is 13.1 Å². The number of hydrogen-bond donors (Lipinski definition) is 2. The molecule has 1 atom stereocenters. The molecular formula is C14H20N2O2. The van der Waals surface area contributed by atoms with Crippen LogP contribution in [0.15, 0.2) is 30.3 Å². The van der Waals surface area contributed by atoms with Gasteiger partial charge in [0.05, 0.1) is 5.54 Å². The molecule has 0 aromatic heterocycles. The van der Waals surface area contributed by atoms with Gasteiger partial charge in [-0.1, -0.05) is 37.3 Å². The van der Waals surface area contributed by atoms with Gasteiger partial charge in [-0.25, -0.2) is 4.79 Å². The van der Waals surface area contributed by atoms with Crippen molar-refractivity contribution in [2.45, 2.75) is 31.9 Å². The Bertz CT molecular complexity index is 386. The van der Waals surface area contributed by atoms with E-state index in [1.54, 1.807) is 0 Å². The van der Waals surface area contributed by atoms with Crippen molar-refractivity contribution < 1.29 is 9.53 Å². The molecule has 1 amide bonds. The van der Waals surface area contributed by atoms with Crippen LogP contribution in [-0.2, 0) is 11.3 Å². The molecule has 2 rings (SSSR count). The monoisotopic (exact) mass is 248 g/mol. The molecule has 4 heteroatoms. The molecule has 2 N–H and O–H groups in total. The number of carbonyl (C=O) groups is 1. The molecule has 0 bridgehead atoms. The number of rotatable bonds is 4. The summed E-state index contributed by atoms with van der Waals surface area (Å²) >= 11 is 0. The van der Waals surface area contributed by atoms with Crippen molar-refractivity contribution in [1.82, 2.24) is 10.6 Å². The van der Waals surface area contributed by atoms with E-state index in [0.29, 0.717) is 6.61 Å². The Kier molecular flexibility index (Phi) is 4.20. The predicted molar refractivity (Wildman–Crippen MR) is 70.3 cm³/mol. The maximum absolute atomic E-state index is 11.8. The van der Waals surface area contributed by atoms with Crippen LogP contribution in [0.4, 0.5) is 4.79 Å². The summed E-state index contributed by atoms with van der Waals surface area (Å²) in [5.41, 5.74) is 0.871. The molecule has 0 spiro atoms. The lowest BCUT2D eigenvalue weighted by atomic mass is 9.96. The minimum atomic E-state index is -0.329. The van der Waals surface area contributed by atoms with E-state index in [4.69, 9.17) is 4.74 Å². The summed E-state index contributed by atoms with van der Waals surface area (Å²) in [6.45, 7) is 4.18. The number of carbonyl (C=O) groups excluding carboxylic acids is 1. The van der Waals surface area contributed by atoms with E-state index in [1.807, 2.05) is 30.3 Å². The van der Waals surface area contributed by atoms with Crippen LogP contribution in [0.25, 0.3) is 0 Å².